The molecule has 0 saturated heterocycles. The van der Waals surface area contributed by atoms with Crippen LogP contribution in [0.1, 0.15) is 26.5 Å². The van der Waals surface area contributed by atoms with Crippen LogP contribution in [0, 0.1) is 5.82 Å². The molecule has 0 fully saturated rings. The number of hydrogen-bond acceptors (Lipinski definition) is 4. The maximum absolute atomic E-state index is 13.8. The Bertz CT molecular complexity index is 354. The lowest BCUT2D eigenvalue weighted by molar-refractivity contribution is 0.284. The predicted octanol–water partition coefficient (Wildman–Crippen LogP) is 1.93. The number of anilines is 1. The van der Waals surface area contributed by atoms with Crippen LogP contribution in [0.25, 0.3) is 0 Å². The molecule has 5 heteroatoms. The van der Waals surface area contributed by atoms with Crippen LogP contribution in [0.15, 0.2) is 6.33 Å². The lowest BCUT2D eigenvalue weighted by atomic mass is 10.3. The molecule has 1 heterocycles. The summed E-state index contributed by atoms with van der Waals surface area (Å²) in [6.07, 6.45) is 1.98. The molecule has 1 aromatic rings. The van der Waals surface area contributed by atoms with E-state index in [1.54, 1.807) is 0 Å². The third kappa shape index (κ3) is 3.93. The van der Waals surface area contributed by atoms with E-state index in [-0.39, 0.29) is 5.82 Å². The first-order valence-electron chi connectivity index (χ1n) is 5.99. The van der Waals surface area contributed by atoms with Crippen molar-refractivity contribution in [3.63, 3.8) is 0 Å². The highest BCUT2D eigenvalue weighted by Crippen LogP contribution is 2.12. The fourth-order valence-electron chi connectivity index (χ4n) is 1.38. The molecule has 0 aromatic carbocycles. The zero-order valence-corrected chi connectivity index (χ0v) is 11.0. The Balaban J connectivity index is 2.52. The quantitative estimate of drug-likeness (QED) is 0.825. The molecule has 0 spiro atoms. The number of nitrogens with zero attached hydrogens (tertiary/aromatic N) is 3. The van der Waals surface area contributed by atoms with Gasteiger partial charge in [-0.3, -0.25) is 0 Å². The average molecular weight is 240 g/mol. The zero-order chi connectivity index (χ0) is 12.8. The Hall–Kier alpha value is -1.23. The second-order valence-corrected chi connectivity index (χ2v) is 4.34. The van der Waals surface area contributed by atoms with E-state index in [0.717, 1.165) is 6.54 Å². The van der Waals surface area contributed by atoms with Crippen molar-refractivity contribution in [3.8, 4) is 0 Å². The third-order valence-corrected chi connectivity index (χ3v) is 2.84. The highest BCUT2D eigenvalue weighted by atomic mass is 19.1. The first-order chi connectivity index (χ1) is 8.06. The van der Waals surface area contributed by atoms with Crippen molar-refractivity contribution >= 4 is 5.82 Å². The third-order valence-electron chi connectivity index (χ3n) is 2.84. The fourth-order valence-corrected chi connectivity index (χ4v) is 1.38. The summed E-state index contributed by atoms with van der Waals surface area (Å²) in [4.78, 5) is 9.99. The van der Waals surface area contributed by atoms with Crippen molar-refractivity contribution in [3.05, 3.63) is 17.8 Å². The van der Waals surface area contributed by atoms with Crippen LogP contribution >= 0.6 is 0 Å². The van der Waals surface area contributed by atoms with Gasteiger partial charge in [0.2, 0.25) is 0 Å². The number of aromatic nitrogens is 2. The summed E-state index contributed by atoms with van der Waals surface area (Å²) in [5, 5.41) is 3.01. The monoisotopic (exact) mass is 240 g/mol. The van der Waals surface area contributed by atoms with Crippen molar-refractivity contribution in [2.75, 3.05) is 25.5 Å². The normalized spacial score (nSPS) is 11.2. The highest BCUT2D eigenvalue weighted by molar-refractivity contribution is 5.37. The largest absolute Gasteiger partial charge is 0.366 e. The number of aryl methyl sites for hydroxylation is 1. The molecule has 17 heavy (non-hydrogen) atoms. The molecule has 0 unspecified atom stereocenters. The van der Waals surface area contributed by atoms with Gasteiger partial charge < -0.3 is 10.2 Å². The van der Waals surface area contributed by atoms with Crippen LogP contribution in [-0.4, -0.2) is 41.0 Å². The minimum Gasteiger partial charge on any atom is -0.366 e. The molecular weight excluding hydrogens is 219 g/mol. The molecular formula is C12H21FN4. The van der Waals surface area contributed by atoms with Gasteiger partial charge in [0.1, 0.15) is 6.33 Å². The average Bonchev–Trinajstić information content (AvgIpc) is 2.31. The van der Waals surface area contributed by atoms with E-state index < -0.39 is 0 Å². The van der Waals surface area contributed by atoms with Gasteiger partial charge in [-0.05, 0) is 27.3 Å². The summed E-state index contributed by atoms with van der Waals surface area (Å²) in [6, 6.07) is 0.484. The molecule has 1 rings (SSSR count). The number of likely N-dealkylation sites (N-methyl/N-ethyl adjacent to an activating group) is 1. The maximum atomic E-state index is 13.8. The lowest BCUT2D eigenvalue weighted by Crippen LogP contribution is -2.31. The first kappa shape index (κ1) is 13.8. The van der Waals surface area contributed by atoms with E-state index >= 15 is 0 Å². The molecule has 1 aromatic heterocycles. The van der Waals surface area contributed by atoms with Gasteiger partial charge in [0.25, 0.3) is 0 Å². The van der Waals surface area contributed by atoms with Crippen molar-refractivity contribution in [1.82, 2.24) is 14.9 Å². The van der Waals surface area contributed by atoms with E-state index in [0.29, 0.717) is 30.5 Å². The van der Waals surface area contributed by atoms with Gasteiger partial charge in [-0.2, -0.15) is 0 Å². The van der Waals surface area contributed by atoms with E-state index in [9.17, 15) is 4.39 Å². The molecule has 0 bridgehead atoms. The topological polar surface area (TPSA) is 41.1 Å². The van der Waals surface area contributed by atoms with Gasteiger partial charge in [-0.1, -0.05) is 6.92 Å². The van der Waals surface area contributed by atoms with E-state index in [4.69, 9.17) is 0 Å². The Kier molecular flexibility index (Phi) is 5.28. The van der Waals surface area contributed by atoms with Crippen LogP contribution in [0.4, 0.5) is 10.2 Å². The number of hydrogen-bond donors (Lipinski definition) is 1. The summed E-state index contributed by atoms with van der Waals surface area (Å²) in [5.74, 6) is -0.0313. The summed E-state index contributed by atoms with van der Waals surface area (Å²) < 4.78 is 13.8. The summed E-state index contributed by atoms with van der Waals surface area (Å²) >= 11 is 0. The molecule has 96 valence electrons. The molecule has 0 aliphatic carbocycles. The molecule has 0 aliphatic rings. The lowest BCUT2D eigenvalue weighted by Gasteiger charge is -2.21. The van der Waals surface area contributed by atoms with Crippen molar-refractivity contribution in [1.29, 1.82) is 0 Å². The van der Waals surface area contributed by atoms with Crippen LogP contribution in [0.2, 0.25) is 0 Å². The van der Waals surface area contributed by atoms with E-state index in [1.165, 1.54) is 6.33 Å². The number of nitrogens with one attached hydrogen (secondary N) is 1. The van der Waals surface area contributed by atoms with Gasteiger partial charge in [-0.25, -0.2) is 14.4 Å². The first-order valence-corrected chi connectivity index (χ1v) is 5.99. The van der Waals surface area contributed by atoms with Crippen molar-refractivity contribution in [2.24, 2.45) is 0 Å². The van der Waals surface area contributed by atoms with Gasteiger partial charge in [0.05, 0.1) is 5.69 Å². The summed E-state index contributed by atoms with van der Waals surface area (Å²) in [7, 11) is 2.04. The van der Waals surface area contributed by atoms with Crippen LogP contribution < -0.4 is 5.32 Å². The molecule has 0 aliphatic heterocycles. The molecule has 0 radical (unpaired) electrons. The molecule has 0 saturated carbocycles. The van der Waals surface area contributed by atoms with E-state index in [1.807, 2.05) is 14.0 Å². The minimum atomic E-state index is -0.331. The predicted molar refractivity (Wildman–Crippen MR) is 67.6 cm³/mol. The van der Waals surface area contributed by atoms with Crippen LogP contribution in [0.3, 0.4) is 0 Å². The smallest absolute Gasteiger partial charge is 0.186 e. The van der Waals surface area contributed by atoms with Crippen molar-refractivity contribution < 1.29 is 4.39 Å². The standard InChI is InChI=1S/C12H21FN4/c1-5-10-11(13)12(16-8-15-10)14-6-7-17(4)9(2)3/h8-9H,5-7H2,1-4H3,(H,14,15,16). The van der Waals surface area contributed by atoms with Gasteiger partial charge >= 0.3 is 0 Å². The van der Waals surface area contributed by atoms with Crippen LogP contribution in [0.5, 0.6) is 0 Å². The molecule has 4 nitrogen and oxygen atoms in total. The van der Waals surface area contributed by atoms with Gasteiger partial charge in [-0.15, -0.1) is 0 Å². The maximum Gasteiger partial charge on any atom is 0.186 e. The Labute approximate surface area is 102 Å². The van der Waals surface area contributed by atoms with Crippen molar-refractivity contribution in [2.45, 2.75) is 33.2 Å². The molecule has 0 atom stereocenters. The SMILES string of the molecule is CCc1ncnc(NCCN(C)C(C)C)c1F. The Morgan fingerprint density at radius 3 is 2.71 bits per heavy atom. The van der Waals surface area contributed by atoms with E-state index in [2.05, 4.69) is 34.0 Å². The fraction of sp³-hybridized carbons (Fsp3) is 0.667. The second kappa shape index (κ2) is 6.49. The van der Waals surface area contributed by atoms with Gasteiger partial charge in [0, 0.05) is 19.1 Å². The van der Waals surface area contributed by atoms with Gasteiger partial charge in [0.15, 0.2) is 11.6 Å². The zero-order valence-electron chi connectivity index (χ0n) is 11.0. The minimum absolute atomic E-state index is 0.300. The highest BCUT2D eigenvalue weighted by Gasteiger charge is 2.09. The Morgan fingerprint density at radius 2 is 2.12 bits per heavy atom. The van der Waals surface area contributed by atoms with Crippen LogP contribution in [-0.2, 0) is 6.42 Å². The summed E-state index contributed by atoms with van der Waals surface area (Å²) in [6.45, 7) is 7.65. The Morgan fingerprint density at radius 1 is 1.41 bits per heavy atom. The number of rotatable bonds is 6. The number of halogens is 1. The summed E-state index contributed by atoms with van der Waals surface area (Å²) in [5.41, 5.74) is 0.458. The second-order valence-electron chi connectivity index (χ2n) is 4.34. The molecule has 1 N–H and O–H groups in total. The molecule has 0 amide bonds.